The first kappa shape index (κ1) is 17.9. The third kappa shape index (κ3) is 4.95. The fourth-order valence-corrected chi connectivity index (χ4v) is 2.65. The van der Waals surface area contributed by atoms with E-state index in [1.807, 2.05) is 13.8 Å². The summed E-state index contributed by atoms with van der Waals surface area (Å²) in [6.07, 6.45) is 2.50. The molecule has 0 bridgehead atoms. The van der Waals surface area contributed by atoms with E-state index in [4.69, 9.17) is 5.73 Å². The van der Waals surface area contributed by atoms with Crippen molar-refractivity contribution in [3.05, 3.63) is 29.3 Å². The van der Waals surface area contributed by atoms with E-state index in [0.717, 1.165) is 12.8 Å². The second kappa shape index (κ2) is 8.32. The summed E-state index contributed by atoms with van der Waals surface area (Å²) in [6, 6.07) is 2.72. The molecule has 0 saturated heterocycles. The number of nitrogens with two attached hydrogens (primary N) is 1. The highest BCUT2D eigenvalue weighted by Crippen LogP contribution is 2.27. The molecule has 21 heavy (non-hydrogen) atoms. The maximum Gasteiger partial charge on any atom is 0.149 e. The summed E-state index contributed by atoms with van der Waals surface area (Å²) in [5.41, 5.74) is 6.40. The van der Waals surface area contributed by atoms with Crippen LogP contribution < -0.4 is 10.6 Å². The molecule has 0 aliphatic carbocycles. The van der Waals surface area contributed by atoms with Crippen molar-refractivity contribution in [3.63, 3.8) is 0 Å². The first-order chi connectivity index (χ1) is 9.92. The molecule has 0 aromatic heterocycles. The van der Waals surface area contributed by atoms with Crippen molar-refractivity contribution in [2.45, 2.75) is 53.0 Å². The van der Waals surface area contributed by atoms with Crippen molar-refractivity contribution in [2.24, 2.45) is 11.7 Å². The quantitative estimate of drug-likeness (QED) is 0.782. The highest BCUT2D eigenvalue weighted by molar-refractivity contribution is 5.51. The van der Waals surface area contributed by atoms with Gasteiger partial charge in [-0.25, -0.2) is 8.78 Å². The average molecular weight is 298 g/mol. The number of halogens is 2. The molecule has 120 valence electrons. The summed E-state index contributed by atoms with van der Waals surface area (Å²) < 4.78 is 28.7. The van der Waals surface area contributed by atoms with E-state index >= 15 is 0 Å². The fourth-order valence-electron chi connectivity index (χ4n) is 2.65. The number of hydrogen-bond acceptors (Lipinski definition) is 2. The van der Waals surface area contributed by atoms with Gasteiger partial charge in [0.1, 0.15) is 17.3 Å². The van der Waals surface area contributed by atoms with Crippen molar-refractivity contribution in [3.8, 4) is 0 Å². The van der Waals surface area contributed by atoms with Crippen LogP contribution in [0.3, 0.4) is 0 Å². The van der Waals surface area contributed by atoms with Gasteiger partial charge in [0.25, 0.3) is 0 Å². The normalized spacial score (nSPS) is 12.8. The molecule has 1 aromatic carbocycles. The molecule has 1 atom stereocenters. The first-order valence-corrected chi connectivity index (χ1v) is 7.91. The molecule has 0 saturated carbocycles. The molecule has 2 nitrogen and oxygen atoms in total. The minimum atomic E-state index is -0.488. The second-order valence-corrected chi connectivity index (χ2v) is 5.81. The lowest BCUT2D eigenvalue weighted by molar-refractivity contribution is 0.475. The van der Waals surface area contributed by atoms with Gasteiger partial charge in [0, 0.05) is 19.1 Å². The second-order valence-electron chi connectivity index (χ2n) is 5.81. The van der Waals surface area contributed by atoms with Crippen molar-refractivity contribution >= 4 is 5.69 Å². The van der Waals surface area contributed by atoms with Gasteiger partial charge in [-0.05, 0) is 43.9 Å². The van der Waals surface area contributed by atoms with Crippen LogP contribution in [0.2, 0.25) is 0 Å². The predicted octanol–water partition coefficient (Wildman–Crippen LogP) is 4.12. The van der Waals surface area contributed by atoms with Crippen LogP contribution in [0.5, 0.6) is 0 Å². The summed E-state index contributed by atoms with van der Waals surface area (Å²) in [4.78, 5) is 1.80. The number of rotatable bonds is 8. The van der Waals surface area contributed by atoms with Crippen LogP contribution in [0.4, 0.5) is 14.5 Å². The van der Waals surface area contributed by atoms with Crippen molar-refractivity contribution < 1.29 is 8.78 Å². The SMILES string of the molecule is CCC(CC)CN(CC)c1c(F)cc(CC(C)N)cc1F. The van der Waals surface area contributed by atoms with Crippen LogP contribution in [0.15, 0.2) is 12.1 Å². The molecule has 0 amide bonds. The van der Waals surface area contributed by atoms with Crippen molar-refractivity contribution in [2.75, 3.05) is 18.0 Å². The molecule has 1 aromatic rings. The van der Waals surface area contributed by atoms with E-state index in [-0.39, 0.29) is 11.7 Å². The highest BCUT2D eigenvalue weighted by atomic mass is 19.1. The van der Waals surface area contributed by atoms with Gasteiger partial charge in [0.2, 0.25) is 0 Å². The first-order valence-electron chi connectivity index (χ1n) is 7.91. The molecule has 1 unspecified atom stereocenters. The van der Waals surface area contributed by atoms with E-state index in [1.165, 1.54) is 12.1 Å². The average Bonchev–Trinajstić information content (AvgIpc) is 2.41. The van der Waals surface area contributed by atoms with Crippen LogP contribution in [-0.4, -0.2) is 19.1 Å². The van der Waals surface area contributed by atoms with Gasteiger partial charge < -0.3 is 10.6 Å². The number of benzene rings is 1. The zero-order chi connectivity index (χ0) is 16.0. The van der Waals surface area contributed by atoms with E-state index in [9.17, 15) is 8.78 Å². The molecule has 4 heteroatoms. The summed E-state index contributed by atoms with van der Waals surface area (Å²) >= 11 is 0. The maximum atomic E-state index is 14.3. The summed E-state index contributed by atoms with van der Waals surface area (Å²) in [7, 11) is 0. The van der Waals surface area contributed by atoms with Gasteiger partial charge in [-0.2, -0.15) is 0 Å². The molecule has 0 heterocycles. The smallest absolute Gasteiger partial charge is 0.149 e. The molecule has 2 N–H and O–H groups in total. The Hall–Kier alpha value is -1.16. The van der Waals surface area contributed by atoms with Crippen molar-refractivity contribution in [1.82, 2.24) is 0 Å². The molecular weight excluding hydrogens is 270 g/mol. The summed E-state index contributed by atoms with van der Waals surface area (Å²) in [6.45, 7) is 9.26. The topological polar surface area (TPSA) is 29.3 Å². The molecule has 0 aliphatic rings. The maximum absolute atomic E-state index is 14.3. The third-order valence-electron chi connectivity index (χ3n) is 3.97. The molecule has 0 aliphatic heterocycles. The number of hydrogen-bond donors (Lipinski definition) is 1. The van der Waals surface area contributed by atoms with Crippen molar-refractivity contribution in [1.29, 1.82) is 0 Å². The fraction of sp³-hybridized carbons (Fsp3) is 0.647. The predicted molar refractivity (Wildman–Crippen MR) is 85.7 cm³/mol. The lowest BCUT2D eigenvalue weighted by Gasteiger charge is -2.28. The zero-order valence-electron chi connectivity index (χ0n) is 13.6. The standard InChI is InChI=1S/C17H28F2N2/c1-5-13(6-2)11-21(7-3)17-15(18)9-14(8-12(4)20)10-16(17)19/h9-10,12-13H,5-8,11,20H2,1-4H3. The van der Waals surface area contributed by atoms with Crippen LogP contribution in [0, 0.1) is 17.6 Å². The zero-order valence-corrected chi connectivity index (χ0v) is 13.6. The molecular formula is C17H28F2N2. The Morgan fingerprint density at radius 1 is 1.10 bits per heavy atom. The number of nitrogens with zero attached hydrogens (tertiary/aromatic N) is 1. The molecule has 1 rings (SSSR count). The Kier molecular flexibility index (Phi) is 7.09. The van der Waals surface area contributed by atoms with Crippen LogP contribution in [0.1, 0.15) is 46.1 Å². The molecule has 0 fully saturated rings. The Labute approximate surface area is 127 Å². The molecule has 0 radical (unpaired) electrons. The van der Waals surface area contributed by atoms with E-state index < -0.39 is 11.6 Å². The largest absolute Gasteiger partial charge is 0.367 e. The van der Waals surface area contributed by atoms with E-state index in [2.05, 4.69) is 13.8 Å². The lowest BCUT2D eigenvalue weighted by Crippen LogP contribution is -2.30. The van der Waals surface area contributed by atoms with E-state index in [0.29, 0.717) is 31.0 Å². The van der Waals surface area contributed by atoms with Crippen LogP contribution in [0.25, 0.3) is 0 Å². The minimum absolute atomic E-state index is 0.0952. The Balaban J connectivity index is 3.04. The van der Waals surface area contributed by atoms with Gasteiger partial charge in [-0.1, -0.05) is 26.7 Å². The van der Waals surface area contributed by atoms with E-state index in [1.54, 1.807) is 4.90 Å². The minimum Gasteiger partial charge on any atom is -0.367 e. The van der Waals surface area contributed by atoms with Gasteiger partial charge in [-0.3, -0.25) is 0 Å². The monoisotopic (exact) mass is 298 g/mol. The third-order valence-corrected chi connectivity index (χ3v) is 3.97. The van der Waals surface area contributed by atoms with Gasteiger partial charge >= 0.3 is 0 Å². The summed E-state index contributed by atoms with van der Waals surface area (Å²) in [5.74, 6) is -0.524. The van der Waals surface area contributed by atoms with Gasteiger partial charge in [0.15, 0.2) is 0 Å². The van der Waals surface area contributed by atoms with Gasteiger partial charge in [-0.15, -0.1) is 0 Å². The number of anilines is 1. The van der Waals surface area contributed by atoms with Gasteiger partial charge in [0.05, 0.1) is 0 Å². The Bertz CT molecular complexity index is 419. The lowest BCUT2D eigenvalue weighted by atomic mass is 10.0. The Morgan fingerprint density at radius 3 is 2.00 bits per heavy atom. The Morgan fingerprint density at radius 2 is 1.62 bits per heavy atom. The summed E-state index contributed by atoms with van der Waals surface area (Å²) in [5, 5.41) is 0. The molecule has 0 spiro atoms. The highest BCUT2D eigenvalue weighted by Gasteiger charge is 2.19. The van der Waals surface area contributed by atoms with Crippen LogP contribution >= 0.6 is 0 Å². The van der Waals surface area contributed by atoms with Crippen LogP contribution in [-0.2, 0) is 6.42 Å².